The Kier molecular flexibility index (Phi) is 16.6. The number of rotatable bonds is 23. The first kappa shape index (κ1) is 42.9. The molecule has 1 saturated carbocycles. The van der Waals surface area contributed by atoms with Crippen molar-refractivity contribution in [3.8, 4) is 28.8 Å². The van der Waals surface area contributed by atoms with Crippen LogP contribution in [0, 0.1) is 11.3 Å². The molecule has 1 N–H and O–H groups in total. The fourth-order valence-corrected chi connectivity index (χ4v) is 7.37. The van der Waals surface area contributed by atoms with Crippen molar-refractivity contribution in [1.29, 1.82) is 5.26 Å². The molecule has 4 heterocycles. The second-order valence-corrected chi connectivity index (χ2v) is 14.8. The van der Waals surface area contributed by atoms with Crippen LogP contribution in [0.1, 0.15) is 64.5 Å². The number of methoxy groups -OCH3 is 1. The van der Waals surface area contributed by atoms with Crippen LogP contribution in [0.25, 0.3) is 11.1 Å². The molecule has 2 aliphatic rings. The number of nitrogens with one attached hydrogen (secondary N) is 1. The van der Waals surface area contributed by atoms with E-state index in [1.807, 2.05) is 29.9 Å². The molecule has 0 unspecified atom stereocenters. The van der Waals surface area contributed by atoms with Crippen LogP contribution in [0.15, 0.2) is 49.4 Å². The van der Waals surface area contributed by atoms with Crippen molar-refractivity contribution in [3.05, 3.63) is 55.0 Å². The molecule has 3 atom stereocenters. The summed E-state index contributed by atoms with van der Waals surface area (Å²) in [6.07, 6.45) is 13.8. The van der Waals surface area contributed by atoms with Gasteiger partial charge in [0.05, 0.1) is 82.8 Å². The summed E-state index contributed by atoms with van der Waals surface area (Å²) in [5.74, 6) is 1.38. The lowest BCUT2D eigenvalue weighted by molar-refractivity contribution is -0.0852. The summed E-state index contributed by atoms with van der Waals surface area (Å²) in [6, 6.07) is 8.48. The zero-order valence-electron chi connectivity index (χ0n) is 34.2. The number of morpholine rings is 1. The summed E-state index contributed by atoms with van der Waals surface area (Å²) in [6.45, 7) is 12.9. The van der Waals surface area contributed by atoms with E-state index >= 15 is 0 Å². The van der Waals surface area contributed by atoms with Crippen molar-refractivity contribution in [3.63, 3.8) is 0 Å². The van der Waals surface area contributed by atoms with Crippen LogP contribution in [-0.4, -0.2) is 137 Å². The summed E-state index contributed by atoms with van der Waals surface area (Å²) in [4.78, 5) is 15.9. The molecule has 0 bridgehead atoms. The highest BCUT2D eigenvalue weighted by Crippen LogP contribution is 2.35. The first-order valence-electron chi connectivity index (χ1n) is 20.3. The Bertz CT molecular complexity index is 1820. The number of nitriles is 1. The average molecular weight is 803 g/mol. The summed E-state index contributed by atoms with van der Waals surface area (Å²) < 4.78 is 43.8. The molecule has 58 heavy (non-hydrogen) atoms. The summed E-state index contributed by atoms with van der Waals surface area (Å²) in [7, 11) is 1.65. The van der Waals surface area contributed by atoms with Crippen LogP contribution in [-0.2, 0) is 30.2 Å². The van der Waals surface area contributed by atoms with Crippen LogP contribution in [0.2, 0.25) is 0 Å². The van der Waals surface area contributed by atoms with E-state index in [9.17, 15) is 5.26 Å². The maximum atomic E-state index is 9.74. The van der Waals surface area contributed by atoms with Gasteiger partial charge in [0, 0.05) is 57.2 Å². The van der Waals surface area contributed by atoms with Gasteiger partial charge < -0.3 is 38.5 Å². The van der Waals surface area contributed by atoms with Crippen LogP contribution in [0.4, 0.5) is 11.6 Å². The van der Waals surface area contributed by atoms with Gasteiger partial charge in [-0.05, 0) is 64.2 Å². The molecule has 0 radical (unpaired) electrons. The van der Waals surface area contributed by atoms with Crippen molar-refractivity contribution in [2.75, 3.05) is 78.4 Å². The van der Waals surface area contributed by atoms with Crippen LogP contribution in [0.5, 0.6) is 11.6 Å². The molecule has 2 fully saturated rings. The SMILES string of the molecule is COCCOCCOCCOCCCOc1nn([C@H]2CC[C@H](N3C[C@@H](C)O[C@@H](C)C3)CC2)cc1Nc1ncc(-c2ccc(C#N)c(O[C@@H](C)Cn3cncn3)c2)cn1. The molecule has 17 nitrogen and oxygen atoms in total. The molecule has 1 aromatic carbocycles. The van der Waals surface area contributed by atoms with E-state index in [0.29, 0.717) is 101 Å². The molecule has 0 spiro atoms. The first-order valence-corrected chi connectivity index (χ1v) is 20.3. The highest BCUT2D eigenvalue weighted by atomic mass is 16.6. The van der Waals surface area contributed by atoms with Crippen molar-refractivity contribution in [1.82, 2.24) is 39.4 Å². The van der Waals surface area contributed by atoms with Crippen LogP contribution >= 0.6 is 0 Å². The highest BCUT2D eigenvalue weighted by molar-refractivity contribution is 5.67. The summed E-state index contributed by atoms with van der Waals surface area (Å²) in [5.41, 5.74) is 2.73. The molecule has 6 rings (SSSR count). The number of benzene rings is 1. The Morgan fingerprint density at radius 1 is 0.897 bits per heavy atom. The molecule has 1 aliphatic carbocycles. The molecule has 17 heteroatoms. The van der Waals surface area contributed by atoms with E-state index in [-0.39, 0.29) is 24.4 Å². The number of hydrogen-bond donors (Lipinski definition) is 1. The van der Waals surface area contributed by atoms with Gasteiger partial charge in [0.15, 0.2) is 0 Å². The lowest BCUT2D eigenvalue weighted by Gasteiger charge is -2.42. The van der Waals surface area contributed by atoms with Gasteiger partial charge >= 0.3 is 0 Å². The topological polar surface area (TPSA) is 178 Å². The summed E-state index contributed by atoms with van der Waals surface area (Å²) in [5, 5.41) is 22.2. The maximum absolute atomic E-state index is 9.74. The smallest absolute Gasteiger partial charge is 0.256 e. The molecule has 1 aliphatic heterocycles. The third-order valence-corrected chi connectivity index (χ3v) is 10.1. The second kappa shape index (κ2) is 22.4. The molecule has 3 aromatic heterocycles. The van der Waals surface area contributed by atoms with Gasteiger partial charge in [0.2, 0.25) is 5.95 Å². The molecule has 314 valence electrons. The first-order chi connectivity index (χ1) is 28.4. The lowest BCUT2D eigenvalue weighted by atomic mass is 9.89. The number of nitrogens with zero attached hydrogens (tertiary/aromatic N) is 9. The van der Waals surface area contributed by atoms with Gasteiger partial charge in [-0.2, -0.15) is 10.4 Å². The fraction of sp³-hybridized carbons (Fsp3) is 0.610. The van der Waals surface area contributed by atoms with Gasteiger partial charge in [0.1, 0.15) is 36.3 Å². The molecule has 1 saturated heterocycles. The number of hydrogen-bond acceptors (Lipinski definition) is 15. The number of aromatic nitrogens is 7. The van der Waals surface area contributed by atoms with Crippen LogP contribution < -0.4 is 14.8 Å². The van der Waals surface area contributed by atoms with E-state index < -0.39 is 0 Å². The Labute approximate surface area is 340 Å². The van der Waals surface area contributed by atoms with E-state index in [2.05, 4.69) is 50.2 Å². The highest BCUT2D eigenvalue weighted by Gasteiger charge is 2.32. The molecular weight excluding hydrogens is 745 g/mol. The van der Waals surface area contributed by atoms with E-state index in [1.54, 1.807) is 36.6 Å². The molecule has 0 amide bonds. The largest absolute Gasteiger partial charge is 0.487 e. The van der Waals surface area contributed by atoms with Gasteiger partial charge in [-0.25, -0.2) is 19.6 Å². The summed E-state index contributed by atoms with van der Waals surface area (Å²) >= 11 is 0. The second-order valence-electron chi connectivity index (χ2n) is 14.8. The predicted molar refractivity (Wildman–Crippen MR) is 215 cm³/mol. The normalized spacial score (nSPS) is 20.4. The van der Waals surface area contributed by atoms with E-state index in [4.69, 9.17) is 38.3 Å². The van der Waals surface area contributed by atoms with Gasteiger partial charge in [-0.15, -0.1) is 5.10 Å². The predicted octanol–water partition coefficient (Wildman–Crippen LogP) is 5.07. The van der Waals surface area contributed by atoms with Crippen molar-refractivity contribution < 1.29 is 33.2 Å². The fourth-order valence-electron chi connectivity index (χ4n) is 7.37. The minimum absolute atomic E-state index is 0.244. The Morgan fingerprint density at radius 2 is 1.59 bits per heavy atom. The Hall–Kier alpha value is -4.70. The van der Waals surface area contributed by atoms with Crippen LogP contribution in [0.3, 0.4) is 0 Å². The minimum Gasteiger partial charge on any atom is -0.487 e. The zero-order chi connectivity index (χ0) is 40.5. The minimum atomic E-state index is -0.244. The standard InChI is InChI=1S/C41H58N10O7/c1-30-24-49(25-31(2)57-30)36-8-10-37(11-9-36)51-27-38(40(48-51)56-13-5-12-53-16-17-55-19-18-54-15-14-52-4)47-41-44-22-35(23-45-41)33-6-7-34(21-42)39(20-33)58-32(3)26-50-29-43-28-46-50/h6-7,20,22-23,27-32,36-37H,5,8-19,24-26H2,1-4H3,(H,44,45,47)/t30-,31+,32-,36-,37-/m0/s1. The monoisotopic (exact) mass is 802 g/mol. The average Bonchev–Trinajstić information content (AvgIpc) is 3.89. The van der Waals surface area contributed by atoms with Crippen molar-refractivity contribution in [2.24, 2.45) is 0 Å². The molecule has 4 aromatic rings. The van der Waals surface area contributed by atoms with Gasteiger partial charge in [0.25, 0.3) is 5.88 Å². The lowest BCUT2D eigenvalue weighted by Crippen LogP contribution is -2.51. The maximum Gasteiger partial charge on any atom is 0.256 e. The Balaban J connectivity index is 1.06. The quantitative estimate of drug-likeness (QED) is 0.0983. The van der Waals surface area contributed by atoms with Crippen molar-refractivity contribution in [2.45, 2.75) is 89.8 Å². The number of anilines is 2. The van der Waals surface area contributed by atoms with Crippen molar-refractivity contribution >= 4 is 11.6 Å². The van der Waals surface area contributed by atoms with Gasteiger partial charge in [-0.1, -0.05) is 6.07 Å². The van der Waals surface area contributed by atoms with Gasteiger partial charge in [-0.3, -0.25) is 9.58 Å². The number of ether oxygens (including phenoxy) is 7. The third kappa shape index (κ3) is 12.9. The zero-order valence-corrected chi connectivity index (χ0v) is 34.2. The third-order valence-electron chi connectivity index (χ3n) is 10.1. The van der Waals surface area contributed by atoms with E-state index in [0.717, 1.165) is 49.9 Å². The van der Waals surface area contributed by atoms with E-state index in [1.165, 1.54) is 6.33 Å². The Morgan fingerprint density at radius 3 is 2.26 bits per heavy atom. The molecular formula is C41H58N10O7.